The molecule has 0 aliphatic carbocycles. The summed E-state index contributed by atoms with van der Waals surface area (Å²) in [5, 5.41) is 0. The van der Waals surface area contributed by atoms with Gasteiger partial charge < -0.3 is 15.5 Å². The van der Waals surface area contributed by atoms with Crippen LogP contribution in [0.4, 0.5) is 5.69 Å². The normalized spacial score (nSPS) is 20.5. The van der Waals surface area contributed by atoms with Gasteiger partial charge in [-0.05, 0) is 60.6 Å². The molecule has 1 atom stereocenters. The lowest BCUT2D eigenvalue weighted by Gasteiger charge is -2.38. The Hall–Kier alpha value is -0.580. The van der Waals surface area contributed by atoms with Gasteiger partial charge in [0.25, 0.3) is 0 Å². The molecule has 0 spiro atoms. The van der Waals surface area contributed by atoms with Gasteiger partial charge in [-0.1, -0.05) is 6.07 Å². The molecule has 2 rings (SSSR count). The van der Waals surface area contributed by atoms with Crippen molar-refractivity contribution in [2.24, 2.45) is 5.73 Å². The molecule has 3 nitrogen and oxygen atoms in total. The molecule has 4 heteroatoms. The first-order chi connectivity index (χ1) is 8.61. The molecule has 0 bridgehead atoms. The lowest BCUT2D eigenvalue weighted by Crippen LogP contribution is -2.45. The third-order valence-corrected chi connectivity index (χ3v) is 4.35. The molecule has 1 fully saturated rings. The van der Waals surface area contributed by atoms with E-state index in [1.54, 1.807) is 0 Å². The van der Waals surface area contributed by atoms with Crippen molar-refractivity contribution < 1.29 is 0 Å². The van der Waals surface area contributed by atoms with Gasteiger partial charge in [0.1, 0.15) is 0 Å². The molecule has 1 aliphatic heterocycles. The maximum absolute atomic E-state index is 5.67. The minimum absolute atomic E-state index is 0.596. The Kier molecular flexibility index (Phi) is 4.65. The SMILES string of the molecule is CN(C)C1CCCN(c2ccc(CN)cc2Br)C1. The van der Waals surface area contributed by atoms with Crippen molar-refractivity contribution in [2.45, 2.75) is 25.4 Å². The highest BCUT2D eigenvalue weighted by Crippen LogP contribution is 2.30. The average Bonchev–Trinajstić information content (AvgIpc) is 2.38. The predicted octanol–water partition coefficient (Wildman–Crippen LogP) is 2.44. The molecule has 2 N–H and O–H groups in total. The van der Waals surface area contributed by atoms with E-state index in [0.717, 1.165) is 17.6 Å². The van der Waals surface area contributed by atoms with Gasteiger partial charge in [0.05, 0.1) is 5.69 Å². The highest BCUT2D eigenvalue weighted by molar-refractivity contribution is 9.10. The molecule has 1 heterocycles. The molecule has 0 aromatic heterocycles. The van der Waals surface area contributed by atoms with Crippen LogP contribution >= 0.6 is 15.9 Å². The Bertz CT molecular complexity index is 406. The van der Waals surface area contributed by atoms with E-state index in [4.69, 9.17) is 5.73 Å². The molecule has 0 saturated carbocycles. The second-order valence-corrected chi connectivity index (χ2v) is 6.05. The standard InChI is InChI=1S/C14H22BrN3/c1-17(2)12-4-3-7-18(10-12)14-6-5-11(9-16)8-13(14)15/h5-6,8,12H,3-4,7,9-10,16H2,1-2H3. The topological polar surface area (TPSA) is 32.5 Å². The monoisotopic (exact) mass is 311 g/mol. The molecular weight excluding hydrogens is 290 g/mol. The molecule has 0 radical (unpaired) electrons. The fraction of sp³-hybridized carbons (Fsp3) is 0.571. The van der Waals surface area contributed by atoms with Crippen molar-refractivity contribution >= 4 is 21.6 Å². The Morgan fingerprint density at radius 1 is 1.44 bits per heavy atom. The van der Waals surface area contributed by atoms with Crippen LogP contribution in [0.3, 0.4) is 0 Å². The molecule has 1 aliphatic rings. The summed E-state index contributed by atoms with van der Waals surface area (Å²) < 4.78 is 1.16. The quantitative estimate of drug-likeness (QED) is 0.930. The Morgan fingerprint density at radius 2 is 2.22 bits per heavy atom. The van der Waals surface area contributed by atoms with Gasteiger partial charge in [0.15, 0.2) is 0 Å². The summed E-state index contributed by atoms with van der Waals surface area (Å²) in [6, 6.07) is 7.10. The van der Waals surface area contributed by atoms with E-state index in [-0.39, 0.29) is 0 Å². The zero-order chi connectivity index (χ0) is 13.1. The van der Waals surface area contributed by atoms with Crippen LogP contribution < -0.4 is 10.6 Å². The second-order valence-electron chi connectivity index (χ2n) is 5.20. The summed E-state index contributed by atoms with van der Waals surface area (Å²) in [5.41, 5.74) is 8.13. The minimum Gasteiger partial charge on any atom is -0.369 e. The van der Waals surface area contributed by atoms with Crippen LogP contribution in [0.1, 0.15) is 18.4 Å². The maximum atomic E-state index is 5.67. The number of likely N-dealkylation sites (N-methyl/N-ethyl adjacent to an activating group) is 1. The van der Waals surface area contributed by atoms with E-state index >= 15 is 0 Å². The van der Waals surface area contributed by atoms with Crippen molar-refractivity contribution in [3.05, 3.63) is 28.2 Å². The van der Waals surface area contributed by atoms with Crippen LogP contribution in [0.2, 0.25) is 0 Å². The third kappa shape index (κ3) is 3.05. The molecule has 1 unspecified atom stereocenters. The number of piperidine rings is 1. The average molecular weight is 312 g/mol. The maximum Gasteiger partial charge on any atom is 0.0511 e. The summed E-state index contributed by atoms with van der Waals surface area (Å²) in [6.45, 7) is 2.84. The molecule has 1 saturated heterocycles. The first-order valence-corrected chi connectivity index (χ1v) is 7.31. The number of nitrogens with zero attached hydrogens (tertiary/aromatic N) is 2. The van der Waals surface area contributed by atoms with Gasteiger partial charge in [-0.3, -0.25) is 0 Å². The molecule has 0 amide bonds. The number of nitrogens with two attached hydrogens (primary N) is 1. The second kappa shape index (κ2) is 6.04. The fourth-order valence-corrected chi connectivity index (χ4v) is 3.21. The van der Waals surface area contributed by atoms with Crippen molar-refractivity contribution in [3.63, 3.8) is 0 Å². The highest BCUT2D eigenvalue weighted by atomic mass is 79.9. The smallest absolute Gasteiger partial charge is 0.0511 e. The van der Waals surface area contributed by atoms with Crippen molar-refractivity contribution in [2.75, 3.05) is 32.1 Å². The van der Waals surface area contributed by atoms with Gasteiger partial charge in [0.2, 0.25) is 0 Å². The number of rotatable bonds is 3. The summed E-state index contributed by atoms with van der Waals surface area (Å²) >= 11 is 3.67. The van der Waals surface area contributed by atoms with Crippen molar-refractivity contribution in [1.29, 1.82) is 0 Å². The number of halogens is 1. The zero-order valence-corrected chi connectivity index (χ0v) is 12.8. The van der Waals surface area contributed by atoms with Crippen LogP contribution in [0, 0.1) is 0 Å². The molecule has 18 heavy (non-hydrogen) atoms. The number of anilines is 1. The van der Waals surface area contributed by atoms with Crippen LogP contribution in [0.25, 0.3) is 0 Å². The minimum atomic E-state index is 0.596. The van der Waals surface area contributed by atoms with Crippen LogP contribution in [0.5, 0.6) is 0 Å². The zero-order valence-electron chi connectivity index (χ0n) is 11.2. The van der Waals surface area contributed by atoms with Gasteiger partial charge >= 0.3 is 0 Å². The Labute approximate surface area is 118 Å². The fourth-order valence-electron chi connectivity index (χ4n) is 2.53. The van der Waals surface area contributed by atoms with Gasteiger partial charge in [-0.15, -0.1) is 0 Å². The summed E-state index contributed by atoms with van der Waals surface area (Å²) in [5.74, 6) is 0. The Morgan fingerprint density at radius 3 is 2.83 bits per heavy atom. The van der Waals surface area contributed by atoms with Gasteiger partial charge in [-0.2, -0.15) is 0 Å². The van der Waals surface area contributed by atoms with E-state index in [2.05, 4.69) is 58.0 Å². The summed E-state index contributed by atoms with van der Waals surface area (Å²) in [6.07, 6.45) is 2.55. The van der Waals surface area contributed by atoms with Gasteiger partial charge in [-0.25, -0.2) is 0 Å². The Balaban J connectivity index is 2.15. The van der Waals surface area contributed by atoms with Crippen molar-refractivity contribution in [3.8, 4) is 0 Å². The van der Waals surface area contributed by atoms with E-state index in [1.807, 2.05) is 0 Å². The summed E-state index contributed by atoms with van der Waals surface area (Å²) in [7, 11) is 4.33. The molecule has 1 aromatic carbocycles. The molecule has 100 valence electrons. The van der Waals surface area contributed by atoms with Gasteiger partial charge in [0, 0.05) is 30.1 Å². The number of hydrogen-bond donors (Lipinski definition) is 1. The first kappa shape index (κ1) is 13.8. The number of benzene rings is 1. The van der Waals surface area contributed by atoms with Crippen molar-refractivity contribution in [1.82, 2.24) is 4.90 Å². The third-order valence-electron chi connectivity index (χ3n) is 3.72. The predicted molar refractivity (Wildman–Crippen MR) is 81.0 cm³/mol. The van der Waals surface area contributed by atoms with E-state index in [9.17, 15) is 0 Å². The van der Waals surface area contributed by atoms with Crippen LogP contribution in [-0.4, -0.2) is 38.1 Å². The van der Waals surface area contributed by atoms with Crippen LogP contribution in [-0.2, 0) is 6.54 Å². The van der Waals surface area contributed by atoms with E-state index in [0.29, 0.717) is 12.6 Å². The van der Waals surface area contributed by atoms with E-state index in [1.165, 1.54) is 24.1 Å². The van der Waals surface area contributed by atoms with Crippen LogP contribution in [0.15, 0.2) is 22.7 Å². The largest absolute Gasteiger partial charge is 0.369 e. The first-order valence-electron chi connectivity index (χ1n) is 6.51. The lowest BCUT2D eigenvalue weighted by atomic mass is 10.0. The molecule has 1 aromatic rings. The summed E-state index contributed by atoms with van der Waals surface area (Å²) in [4.78, 5) is 4.80. The number of hydrogen-bond acceptors (Lipinski definition) is 3. The lowest BCUT2D eigenvalue weighted by molar-refractivity contribution is 0.258. The highest BCUT2D eigenvalue weighted by Gasteiger charge is 2.22. The van der Waals surface area contributed by atoms with E-state index < -0.39 is 0 Å². The molecular formula is C14H22BrN3.